The molecule has 0 unspecified atom stereocenters. The zero-order valence-corrected chi connectivity index (χ0v) is 12.3. The van der Waals surface area contributed by atoms with Gasteiger partial charge in [-0.15, -0.1) is 0 Å². The third-order valence-electron chi connectivity index (χ3n) is 4.75. The summed E-state index contributed by atoms with van der Waals surface area (Å²) in [5, 5.41) is 0. The number of nitrogens with zero attached hydrogens (tertiary/aromatic N) is 2. The maximum Gasteiger partial charge on any atom is 0.225 e. The van der Waals surface area contributed by atoms with Crippen molar-refractivity contribution in [3.8, 4) is 0 Å². The molecule has 0 radical (unpaired) electrons. The molecule has 4 heteroatoms. The Labute approximate surface area is 117 Å². The van der Waals surface area contributed by atoms with Crippen molar-refractivity contribution in [3.05, 3.63) is 0 Å². The molecule has 19 heavy (non-hydrogen) atoms. The average Bonchev–Trinajstić information content (AvgIpc) is 2.48. The van der Waals surface area contributed by atoms with E-state index in [9.17, 15) is 4.79 Å². The quantitative estimate of drug-likeness (QED) is 0.835. The van der Waals surface area contributed by atoms with Gasteiger partial charge in [-0.3, -0.25) is 9.69 Å². The van der Waals surface area contributed by atoms with Gasteiger partial charge in [-0.1, -0.05) is 6.92 Å². The summed E-state index contributed by atoms with van der Waals surface area (Å²) in [4.78, 5) is 17.1. The van der Waals surface area contributed by atoms with Crippen LogP contribution in [0.15, 0.2) is 0 Å². The Morgan fingerprint density at radius 1 is 1.11 bits per heavy atom. The molecule has 4 nitrogen and oxygen atoms in total. The highest BCUT2D eigenvalue weighted by atomic mass is 16.2. The molecule has 0 atom stereocenters. The lowest BCUT2D eigenvalue weighted by atomic mass is 9.81. The van der Waals surface area contributed by atoms with Crippen molar-refractivity contribution in [1.82, 2.24) is 9.80 Å². The molecule has 1 saturated carbocycles. The second-order valence-corrected chi connectivity index (χ2v) is 6.12. The van der Waals surface area contributed by atoms with Crippen LogP contribution in [0, 0.1) is 11.8 Å². The number of hydrogen-bond acceptors (Lipinski definition) is 3. The van der Waals surface area contributed by atoms with E-state index in [1.807, 2.05) is 0 Å². The summed E-state index contributed by atoms with van der Waals surface area (Å²) in [6.07, 6.45) is 5.59. The average molecular weight is 267 g/mol. The van der Waals surface area contributed by atoms with Crippen LogP contribution in [0.1, 0.15) is 39.0 Å². The third-order valence-corrected chi connectivity index (χ3v) is 4.75. The fraction of sp³-hybridized carbons (Fsp3) is 0.933. The van der Waals surface area contributed by atoms with Gasteiger partial charge in [0.15, 0.2) is 0 Å². The molecule has 1 heterocycles. The summed E-state index contributed by atoms with van der Waals surface area (Å²) in [7, 11) is 0. The van der Waals surface area contributed by atoms with Crippen LogP contribution in [-0.4, -0.2) is 55.0 Å². The molecule has 0 spiro atoms. The molecule has 2 aliphatic rings. The summed E-state index contributed by atoms with van der Waals surface area (Å²) in [6.45, 7) is 8.13. The fourth-order valence-electron chi connectivity index (χ4n) is 3.41. The molecule has 1 aliphatic heterocycles. The minimum absolute atomic E-state index is 0.278. The van der Waals surface area contributed by atoms with Crippen LogP contribution >= 0.6 is 0 Å². The van der Waals surface area contributed by atoms with E-state index in [0.717, 1.165) is 58.4 Å². The first-order valence-corrected chi connectivity index (χ1v) is 7.95. The lowest BCUT2D eigenvalue weighted by Crippen LogP contribution is -2.50. The second kappa shape index (κ2) is 7.25. The van der Waals surface area contributed by atoms with Crippen molar-refractivity contribution in [2.75, 3.05) is 39.3 Å². The van der Waals surface area contributed by atoms with Crippen LogP contribution < -0.4 is 5.73 Å². The lowest BCUT2D eigenvalue weighted by Gasteiger charge is -2.37. The van der Waals surface area contributed by atoms with E-state index in [1.54, 1.807) is 0 Å². The molecule has 1 aliphatic carbocycles. The van der Waals surface area contributed by atoms with Gasteiger partial charge in [-0.05, 0) is 51.1 Å². The van der Waals surface area contributed by atoms with E-state index in [2.05, 4.69) is 16.7 Å². The monoisotopic (exact) mass is 267 g/mol. The van der Waals surface area contributed by atoms with Gasteiger partial charge in [0.05, 0.1) is 0 Å². The van der Waals surface area contributed by atoms with Crippen molar-refractivity contribution < 1.29 is 4.79 Å². The summed E-state index contributed by atoms with van der Waals surface area (Å²) in [5.74, 6) is 1.34. The van der Waals surface area contributed by atoms with Crippen molar-refractivity contribution in [2.24, 2.45) is 17.6 Å². The van der Waals surface area contributed by atoms with Crippen molar-refractivity contribution in [3.63, 3.8) is 0 Å². The molecule has 0 aromatic carbocycles. The number of piperazine rings is 1. The van der Waals surface area contributed by atoms with Crippen LogP contribution in [0.3, 0.4) is 0 Å². The van der Waals surface area contributed by atoms with Crippen molar-refractivity contribution in [2.45, 2.75) is 39.0 Å². The zero-order valence-electron chi connectivity index (χ0n) is 12.3. The molecule has 1 amide bonds. The Kier molecular flexibility index (Phi) is 5.64. The summed E-state index contributed by atoms with van der Waals surface area (Å²) in [5.41, 5.74) is 5.71. The van der Waals surface area contributed by atoms with E-state index >= 15 is 0 Å². The standard InChI is InChI=1S/C15H29N3O/c1-2-7-17-8-10-18(11-9-17)15(19)14-5-3-13(12-16)4-6-14/h13-14H,2-12,16H2,1H3. The number of carbonyl (C=O) groups is 1. The van der Waals surface area contributed by atoms with Gasteiger partial charge in [-0.25, -0.2) is 0 Å². The second-order valence-electron chi connectivity index (χ2n) is 6.12. The summed E-state index contributed by atoms with van der Waals surface area (Å²) in [6, 6.07) is 0. The number of hydrogen-bond donors (Lipinski definition) is 1. The fourth-order valence-corrected chi connectivity index (χ4v) is 3.41. The molecule has 110 valence electrons. The highest BCUT2D eigenvalue weighted by Gasteiger charge is 2.30. The van der Waals surface area contributed by atoms with Gasteiger partial charge < -0.3 is 10.6 Å². The van der Waals surface area contributed by atoms with Gasteiger partial charge in [0.2, 0.25) is 5.91 Å². The Bertz CT molecular complexity index is 279. The maximum atomic E-state index is 12.5. The number of amides is 1. The predicted molar refractivity (Wildman–Crippen MR) is 77.8 cm³/mol. The normalized spacial score (nSPS) is 29.5. The zero-order chi connectivity index (χ0) is 13.7. The van der Waals surface area contributed by atoms with Crippen LogP contribution in [-0.2, 0) is 4.79 Å². The van der Waals surface area contributed by atoms with E-state index < -0.39 is 0 Å². The molecular weight excluding hydrogens is 238 g/mol. The molecule has 0 aromatic heterocycles. The van der Waals surface area contributed by atoms with E-state index in [-0.39, 0.29) is 5.92 Å². The molecule has 2 N–H and O–H groups in total. The molecule has 2 fully saturated rings. The number of nitrogens with two attached hydrogens (primary N) is 1. The number of rotatable bonds is 4. The van der Waals surface area contributed by atoms with Crippen LogP contribution in [0.5, 0.6) is 0 Å². The van der Waals surface area contributed by atoms with Crippen molar-refractivity contribution in [1.29, 1.82) is 0 Å². The van der Waals surface area contributed by atoms with Gasteiger partial charge in [-0.2, -0.15) is 0 Å². The Hall–Kier alpha value is -0.610. The molecule has 1 saturated heterocycles. The third kappa shape index (κ3) is 3.93. The van der Waals surface area contributed by atoms with Crippen LogP contribution in [0.2, 0.25) is 0 Å². The first kappa shape index (κ1) is 14.8. The first-order valence-electron chi connectivity index (χ1n) is 7.95. The Morgan fingerprint density at radius 3 is 2.26 bits per heavy atom. The van der Waals surface area contributed by atoms with Gasteiger partial charge in [0.25, 0.3) is 0 Å². The topological polar surface area (TPSA) is 49.6 Å². The largest absolute Gasteiger partial charge is 0.340 e. The van der Waals surface area contributed by atoms with Gasteiger partial charge >= 0.3 is 0 Å². The van der Waals surface area contributed by atoms with Crippen molar-refractivity contribution >= 4 is 5.91 Å². The predicted octanol–water partition coefficient (Wildman–Crippen LogP) is 1.31. The van der Waals surface area contributed by atoms with E-state index in [4.69, 9.17) is 5.73 Å². The smallest absolute Gasteiger partial charge is 0.225 e. The Balaban J connectivity index is 1.75. The summed E-state index contributed by atoms with van der Waals surface area (Å²) < 4.78 is 0. The highest BCUT2D eigenvalue weighted by molar-refractivity contribution is 5.79. The molecule has 0 aromatic rings. The van der Waals surface area contributed by atoms with Crippen LogP contribution in [0.4, 0.5) is 0 Å². The Morgan fingerprint density at radius 2 is 1.74 bits per heavy atom. The van der Waals surface area contributed by atoms with Crippen LogP contribution in [0.25, 0.3) is 0 Å². The van der Waals surface area contributed by atoms with E-state index in [1.165, 1.54) is 13.0 Å². The minimum atomic E-state index is 0.278. The number of carbonyl (C=O) groups excluding carboxylic acids is 1. The highest BCUT2D eigenvalue weighted by Crippen LogP contribution is 2.29. The molecule has 2 rings (SSSR count). The van der Waals surface area contributed by atoms with Gasteiger partial charge in [0.1, 0.15) is 0 Å². The minimum Gasteiger partial charge on any atom is -0.340 e. The molecule has 0 bridgehead atoms. The van der Waals surface area contributed by atoms with E-state index in [0.29, 0.717) is 11.8 Å². The lowest BCUT2D eigenvalue weighted by molar-refractivity contribution is -0.138. The molecular formula is C15H29N3O. The maximum absolute atomic E-state index is 12.5. The summed E-state index contributed by atoms with van der Waals surface area (Å²) >= 11 is 0. The first-order chi connectivity index (χ1) is 9.24. The van der Waals surface area contributed by atoms with Gasteiger partial charge in [0, 0.05) is 32.1 Å². The SMILES string of the molecule is CCCN1CCN(C(=O)C2CCC(CN)CC2)CC1.